The Hall–Kier alpha value is -1.70. The molecule has 0 saturated carbocycles. The van der Waals surface area contributed by atoms with Crippen LogP contribution in [0.15, 0.2) is 36.4 Å². The number of aliphatic hydroxyl groups excluding tert-OH is 1. The number of nitrogens with zero attached hydrogens (tertiary/aromatic N) is 1. The molecular formula is C37H56Cl3N3O3. The van der Waals surface area contributed by atoms with Crippen LogP contribution in [0.4, 0.5) is 5.69 Å². The van der Waals surface area contributed by atoms with Crippen LogP contribution in [0.2, 0.25) is 15.1 Å². The van der Waals surface area contributed by atoms with E-state index in [-0.39, 0.29) is 18.6 Å². The van der Waals surface area contributed by atoms with Crippen LogP contribution in [0.3, 0.4) is 0 Å². The van der Waals surface area contributed by atoms with E-state index in [0.29, 0.717) is 32.9 Å². The molecule has 3 N–H and O–H groups in total. The molecule has 0 aliphatic carbocycles. The molecule has 0 bridgehead atoms. The molecule has 258 valence electrons. The molecule has 1 fully saturated rings. The Labute approximate surface area is 292 Å². The molecule has 0 spiro atoms. The molecule has 0 radical (unpaired) electrons. The smallest absolute Gasteiger partial charge is 0.253 e. The van der Waals surface area contributed by atoms with Crippen LogP contribution < -0.4 is 15.4 Å². The fraction of sp³-hybridized carbons (Fsp3) is 0.649. The maximum atomic E-state index is 13.1. The van der Waals surface area contributed by atoms with Gasteiger partial charge in [-0.3, -0.25) is 4.79 Å². The third-order valence-corrected chi connectivity index (χ3v) is 9.74. The van der Waals surface area contributed by atoms with Crippen molar-refractivity contribution in [2.24, 2.45) is 0 Å². The molecular weight excluding hydrogens is 641 g/mol. The average Bonchev–Trinajstić information content (AvgIpc) is 3.05. The van der Waals surface area contributed by atoms with Gasteiger partial charge in [0.25, 0.3) is 5.91 Å². The van der Waals surface area contributed by atoms with Crippen molar-refractivity contribution < 1.29 is 14.6 Å². The number of unbranched alkanes of at least 4 members (excludes halogenated alkanes) is 13. The summed E-state index contributed by atoms with van der Waals surface area (Å²) in [6.07, 6.45) is 19.7. The zero-order valence-corrected chi connectivity index (χ0v) is 30.1. The minimum absolute atomic E-state index is 0.0867. The summed E-state index contributed by atoms with van der Waals surface area (Å²) in [5.74, 6) is 0.476. The molecule has 1 aliphatic rings. The molecule has 2 aromatic carbocycles. The molecule has 2 aromatic rings. The van der Waals surface area contributed by atoms with Crippen LogP contribution in [-0.4, -0.2) is 60.8 Å². The molecule has 1 saturated heterocycles. The molecule has 0 unspecified atom stereocenters. The van der Waals surface area contributed by atoms with Crippen LogP contribution >= 0.6 is 34.8 Å². The summed E-state index contributed by atoms with van der Waals surface area (Å²) in [4.78, 5) is 15.3. The summed E-state index contributed by atoms with van der Waals surface area (Å²) in [6, 6.07) is 10.7. The van der Waals surface area contributed by atoms with E-state index in [1.54, 1.807) is 24.3 Å². The van der Waals surface area contributed by atoms with Crippen LogP contribution in [0.1, 0.15) is 120 Å². The van der Waals surface area contributed by atoms with Crippen molar-refractivity contribution >= 4 is 46.4 Å². The second-order valence-electron chi connectivity index (χ2n) is 12.8. The van der Waals surface area contributed by atoms with Gasteiger partial charge in [0, 0.05) is 49.5 Å². The van der Waals surface area contributed by atoms with Gasteiger partial charge in [-0.15, -0.1) is 0 Å². The van der Waals surface area contributed by atoms with Crippen molar-refractivity contribution in [1.82, 2.24) is 10.2 Å². The number of amides is 1. The lowest BCUT2D eigenvalue weighted by Crippen LogP contribution is -2.45. The van der Waals surface area contributed by atoms with Gasteiger partial charge in [0.15, 0.2) is 0 Å². The summed E-state index contributed by atoms with van der Waals surface area (Å²) < 4.78 is 6.07. The average molecular weight is 697 g/mol. The Morgan fingerprint density at radius 2 is 1.46 bits per heavy atom. The third kappa shape index (κ3) is 15.5. The second kappa shape index (κ2) is 22.8. The number of ether oxygens (including phenoxy) is 1. The lowest BCUT2D eigenvalue weighted by Gasteiger charge is -2.33. The van der Waals surface area contributed by atoms with Gasteiger partial charge in [0.2, 0.25) is 0 Å². The Balaban J connectivity index is 1.26. The minimum atomic E-state index is -0.678. The lowest BCUT2D eigenvalue weighted by atomic mass is 10.0. The quantitative estimate of drug-likeness (QED) is 0.101. The van der Waals surface area contributed by atoms with Gasteiger partial charge in [-0.25, -0.2) is 0 Å². The first-order chi connectivity index (χ1) is 22.4. The van der Waals surface area contributed by atoms with Crippen LogP contribution in [0, 0.1) is 0 Å². The molecule has 1 heterocycles. The number of rotatable bonds is 23. The van der Waals surface area contributed by atoms with Gasteiger partial charge < -0.3 is 25.4 Å². The van der Waals surface area contributed by atoms with E-state index in [4.69, 9.17) is 39.5 Å². The maximum Gasteiger partial charge on any atom is 0.253 e. The second-order valence-corrected chi connectivity index (χ2v) is 14.0. The van der Waals surface area contributed by atoms with E-state index in [1.807, 2.05) is 12.1 Å². The van der Waals surface area contributed by atoms with Gasteiger partial charge in [0.05, 0.1) is 21.7 Å². The van der Waals surface area contributed by atoms with Gasteiger partial charge >= 0.3 is 0 Å². The highest BCUT2D eigenvalue weighted by atomic mass is 35.5. The first kappa shape index (κ1) is 38.7. The molecule has 46 heavy (non-hydrogen) atoms. The van der Waals surface area contributed by atoms with E-state index in [9.17, 15) is 9.90 Å². The molecule has 1 atom stereocenters. The van der Waals surface area contributed by atoms with E-state index in [0.717, 1.165) is 44.6 Å². The monoisotopic (exact) mass is 695 g/mol. The first-order valence-corrected chi connectivity index (χ1v) is 18.8. The Bertz CT molecular complexity index is 1140. The van der Waals surface area contributed by atoms with Crippen molar-refractivity contribution in [1.29, 1.82) is 0 Å². The van der Waals surface area contributed by atoms with Crippen molar-refractivity contribution in [3.05, 3.63) is 57.0 Å². The summed E-state index contributed by atoms with van der Waals surface area (Å²) in [5, 5.41) is 18.5. The highest BCUT2D eigenvalue weighted by molar-refractivity contribution is 6.42. The number of carbonyl (C=O) groups is 1. The van der Waals surface area contributed by atoms with Gasteiger partial charge in [-0.05, 0) is 49.6 Å². The Morgan fingerprint density at radius 3 is 2.07 bits per heavy atom. The summed E-state index contributed by atoms with van der Waals surface area (Å²) in [6.45, 7) is 5.35. The summed E-state index contributed by atoms with van der Waals surface area (Å²) in [5.41, 5.74) is 1.28. The standard InChI is InChI=1S/C37H56Cl3N3O3/c1-2-3-4-5-6-7-8-9-10-11-12-13-14-15-22-41-36-19-16-29(38)25-33(36)37(45)42-27-30(44)28-43-23-20-31(21-24-43)46-32-17-18-34(39)35(40)26-32/h16-19,25-26,30-31,41,44H,2-15,20-24,27-28H2,1H3,(H,42,45)/t30-/m1/s1. The third-order valence-electron chi connectivity index (χ3n) is 8.77. The van der Waals surface area contributed by atoms with Crippen molar-refractivity contribution in [3.8, 4) is 5.75 Å². The van der Waals surface area contributed by atoms with Crippen LogP contribution in [0.5, 0.6) is 5.75 Å². The normalized spacial score (nSPS) is 14.7. The predicted molar refractivity (Wildman–Crippen MR) is 195 cm³/mol. The topological polar surface area (TPSA) is 73.8 Å². The van der Waals surface area contributed by atoms with Gasteiger partial charge in [-0.2, -0.15) is 0 Å². The van der Waals surface area contributed by atoms with Crippen LogP contribution in [0.25, 0.3) is 0 Å². The largest absolute Gasteiger partial charge is 0.490 e. The number of halogens is 3. The molecule has 9 heteroatoms. The number of anilines is 1. The van der Waals surface area contributed by atoms with E-state index < -0.39 is 6.10 Å². The first-order valence-electron chi connectivity index (χ1n) is 17.7. The molecule has 3 rings (SSSR count). The predicted octanol–water partition coefficient (Wildman–Crippen LogP) is 10.2. The number of nitrogens with one attached hydrogen (secondary N) is 2. The molecule has 6 nitrogen and oxygen atoms in total. The number of likely N-dealkylation sites (tertiary alicyclic amines) is 1. The summed E-state index contributed by atoms with van der Waals surface area (Å²) >= 11 is 18.3. The highest BCUT2D eigenvalue weighted by Crippen LogP contribution is 2.28. The molecule has 1 aliphatic heterocycles. The zero-order chi connectivity index (χ0) is 33.0. The van der Waals surface area contributed by atoms with Crippen molar-refractivity contribution in [2.45, 2.75) is 122 Å². The van der Waals surface area contributed by atoms with Crippen LogP contribution in [-0.2, 0) is 0 Å². The number of carbonyl (C=O) groups excluding carboxylic acids is 1. The number of β-amino-alcohol motifs (C(OH)–C–C–N with tert-alkyl or cyclic N) is 1. The molecule has 1 amide bonds. The fourth-order valence-electron chi connectivity index (χ4n) is 6.02. The number of hydrogen-bond acceptors (Lipinski definition) is 5. The minimum Gasteiger partial charge on any atom is -0.490 e. The van der Waals surface area contributed by atoms with E-state index in [2.05, 4.69) is 22.5 Å². The van der Waals surface area contributed by atoms with E-state index in [1.165, 1.54) is 83.5 Å². The number of aliphatic hydroxyl groups is 1. The van der Waals surface area contributed by atoms with Crippen molar-refractivity contribution in [2.75, 3.05) is 38.0 Å². The Kier molecular flexibility index (Phi) is 19.2. The molecule has 0 aromatic heterocycles. The SMILES string of the molecule is CCCCCCCCCCCCCCCCNc1ccc(Cl)cc1C(=O)NC[C@@H](O)CN1CCC(Oc2ccc(Cl)c(Cl)c2)CC1. The highest BCUT2D eigenvalue weighted by Gasteiger charge is 2.23. The van der Waals surface area contributed by atoms with Gasteiger partial charge in [0.1, 0.15) is 11.9 Å². The lowest BCUT2D eigenvalue weighted by molar-refractivity contribution is 0.0594. The number of piperidine rings is 1. The summed E-state index contributed by atoms with van der Waals surface area (Å²) in [7, 11) is 0. The maximum absolute atomic E-state index is 13.1. The van der Waals surface area contributed by atoms with Gasteiger partial charge in [-0.1, -0.05) is 125 Å². The zero-order valence-electron chi connectivity index (χ0n) is 27.8. The van der Waals surface area contributed by atoms with Crippen molar-refractivity contribution in [3.63, 3.8) is 0 Å². The van der Waals surface area contributed by atoms with E-state index >= 15 is 0 Å². The Morgan fingerprint density at radius 1 is 0.848 bits per heavy atom. The number of benzene rings is 2. The fourth-order valence-corrected chi connectivity index (χ4v) is 6.48. The number of hydrogen-bond donors (Lipinski definition) is 3.